The summed E-state index contributed by atoms with van der Waals surface area (Å²) in [6.45, 7) is 5.89. The van der Waals surface area contributed by atoms with Crippen molar-refractivity contribution >= 4 is 5.91 Å². The van der Waals surface area contributed by atoms with Gasteiger partial charge in [-0.15, -0.1) is 0 Å². The zero-order valence-electron chi connectivity index (χ0n) is 12.0. The van der Waals surface area contributed by atoms with Crippen LogP contribution in [0.15, 0.2) is 12.1 Å². The molecule has 0 aromatic heterocycles. The summed E-state index contributed by atoms with van der Waals surface area (Å²) in [7, 11) is 5.26. The van der Waals surface area contributed by atoms with Gasteiger partial charge >= 0.3 is 0 Å². The van der Waals surface area contributed by atoms with Gasteiger partial charge in [0.15, 0.2) is 0 Å². The van der Waals surface area contributed by atoms with E-state index in [2.05, 4.69) is 5.43 Å². The molecule has 0 fully saturated rings. The molecular weight excluding hydrogens is 228 g/mol. The van der Waals surface area contributed by atoms with Gasteiger partial charge in [0.1, 0.15) is 5.75 Å². The molecule has 0 bridgehead atoms. The van der Waals surface area contributed by atoms with Crippen LogP contribution in [0.25, 0.3) is 0 Å². The first-order valence-electron chi connectivity index (χ1n) is 5.99. The molecule has 0 saturated carbocycles. The van der Waals surface area contributed by atoms with Gasteiger partial charge in [0.05, 0.1) is 13.0 Å². The second kappa shape index (κ2) is 5.87. The summed E-state index contributed by atoms with van der Waals surface area (Å²) in [4.78, 5) is 12.0. The zero-order valence-corrected chi connectivity index (χ0v) is 12.0. The van der Waals surface area contributed by atoms with Crippen molar-refractivity contribution in [1.29, 1.82) is 0 Å². The van der Waals surface area contributed by atoms with Crippen LogP contribution in [-0.2, 0) is 4.79 Å². The number of carbonyl (C=O) groups excluding carboxylic acids is 1. The van der Waals surface area contributed by atoms with E-state index in [0.29, 0.717) is 0 Å². The van der Waals surface area contributed by atoms with Crippen LogP contribution in [0.3, 0.4) is 0 Å². The Morgan fingerprint density at radius 1 is 1.28 bits per heavy atom. The van der Waals surface area contributed by atoms with E-state index in [1.165, 1.54) is 0 Å². The average Bonchev–Trinajstić information content (AvgIpc) is 2.29. The number of ether oxygens (including phenoxy) is 1. The minimum absolute atomic E-state index is 0.00679. The molecule has 100 valence electrons. The molecule has 1 amide bonds. The van der Waals surface area contributed by atoms with E-state index < -0.39 is 0 Å². The number of hydrogen-bond donors (Lipinski definition) is 1. The van der Waals surface area contributed by atoms with Crippen molar-refractivity contribution in [2.75, 3.05) is 21.2 Å². The molecule has 18 heavy (non-hydrogen) atoms. The molecule has 1 atom stereocenters. The summed E-state index contributed by atoms with van der Waals surface area (Å²) in [6.07, 6.45) is 0. The van der Waals surface area contributed by atoms with Crippen molar-refractivity contribution < 1.29 is 9.53 Å². The molecule has 1 rings (SSSR count). The minimum Gasteiger partial charge on any atom is -0.496 e. The Labute approximate surface area is 109 Å². The fourth-order valence-corrected chi connectivity index (χ4v) is 1.96. The van der Waals surface area contributed by atoms with E-state index in [4.69, 9.17) is 4.74 Å². The topological polar surface area (TPSA) is 41.6 Å². The quantitative estimate of drug-likeness (QED) is 0.831. The summed E-state index contributed by atoms with van der Waals surface area (Å²) >= 11 is 0. The summed E-state index contributed by atoms with van der Waals surface area (Å²) in [5.41, 5.74) is 5.93. The fourth-order valence-electron chi connectivity index (χ4n) is 1.96. The Hall–Kier alpha value is -1.55. The highest BCUT2D eigenvalue weighted by atomic mass is 16.5. The Balaban J connectivity index is 3.02. The SMILES string of the molecule is COc1cc(C)c(C(C)C(=O)NN(C)C)cc1C. The fraction of sp³-hybridized carbons (Fsp3) is 0.500. The van der Waals surface area contributed by atoms with Gasteiger partial charge in [0.25, 0.3) is 0 Å². The number of benzene rings is 1. The lowest BCUT2D eigenvalue weighted by Crippen LogP contribution is -2.38. The molecule has 1 unspecified atom stereocenters. The van der Waals surface area contributed by atoms with E-state index in [1.54, 1.807) is 26.2 Å². The Morgan fingerprint density at radius 2 is 1.89 bits per heavy atom. The monoisotopic (exact) mass is 250 g/mol. The van der Waals surface area contributed by atoms with Crippen molar-refractivity contribution in [2.45, 2.75) is 26.7 Å². The molecule has 1 N–H and O–H groups in total. The van der Waals surface area contributed by atoms with Gasteiger partial charge in [-0.2, -0.15) is 0 Å². The maximum absolute atomic E-state index is 12.0. The lowest BCUT2D eigenvalue weighted by Gasteiger charge is -2.19. The van der Waals surface area contributed by atoms with Gasteiger partial charge in [0, 0.05) is 14.1 Å². The highest BCUT2D eigenvalue weighted by Gasteiger charge is 2.18. The Bertz CT molecular complexity index is 442. The van der Waals surface area contributed by atoms with Gasteiger partial charge in [0.2, 0.25) is 5.91 Å². The second-order valence-corrected chi connectivity index (χ2v) is 4.77. The predicted octanol–water partition coefficient (Wildman–Crippen LogP) is 2.01. The van der Waals surface area contributed by atoms with Crippen LogP contribution in [0.1, 0.15) is 29.5 Å². The van der Waals surface area contributed by atoms with E-state index in [9.17, 15) is 4.79 Å². The first kappa shape index (κ1) is 14.5. The molecule has 0 aliphatic heterocycles. The Morgan fingerprint density at radius 3 is 2.39 bits per heavy atom. The van der Waals surface area contributed by atoms with Crippen molar-refractivity contribution in [3.05, 3.63) is 28.8 Å². The number of amides is 1. The van der Waals surface area contributed by atoms with Crippen molar-refractivity contribution in [1.82, 2.24) is 10.4 Å². The van der Waals surface area contributed by atoms with Crippen molar-refractivity contribution in [3.63, 3.8) is 0 Å². The van der Waals surface area contributed by atoms with Crippen LogP contribution in [0.2, 0.25) is 0 Å². The van der Waals surface area contributed by atoms with Gasteiger partial charge in [-0.3, -0.25) is 10.2 Å². The second-order valence-electron chi connectivity index (χ2n) is 4.77. The highest BCUT2D eigenvalue weighted by molar-refractivity contribution is 5.83. The minimum atomic E-state index is -0.183. The molecule has 0 saturated heterocycles. The number of rotatable bonds is 4. The molecule has 1 aromatic carbocycles. The maximum Gasteiger partial charge on any atom is 0.241 e. The summed E-state index contributed by atoms with van der Waals surface area (Å²) < 4.78 is 5.28. The van der Waals surface area contributed by atoms with Crippen LogP contribution in [0, 0.1) is 13.8 Å². The lowest BCUT2D eigenvalue weighted by molar-refractivity contribution is -0.126. The number of aryl methyl sites for hydroxylation is 2. The number of hydrazine groups is 1. The molecular formula is C14H22N2O2. The van der Waals surface area contributed by atoms with Gasteiger partial charge < -0.3 is 4.74 Å². The molecule has 0 spiro atoms. The lowest BCUT2D eigenvalue weighted by atomic mass is 9.93. The molecule has 0 radical (unpaired) electrons. The number of methoxy groups -OCH3 is 1. The summed E-state index contributed by atoms with van der Waals surface area (Å²) in [5, 5.41) is 1.66. The number of carbonyl (C=O) groups is 1. The van der Waals surface area contributed by atoms with Gasteiger partial charge in [-0.1, -0.05) is 6.07 Å². The van der Waals surface area contributed by atoms with E-state index in [-0.39, 0.29) is 11.8 Å². The molecule has 4 nitrogen and oxygen atoms in total. The number of nitrogens with zero attached hydrogens (tertiary/aromatic N) is 1. The third-order valence-corrected chi connectivity index (χ3v) is 2.98. The first-order valence-corrected chi connectivity index (χ1v) is 5.99. The molecule has 0 aliphatic carbocycles. The molecule has 0 aliphatic rings. The van der Waals surface area contributed by atoms with Crippen molar-refractivity contribution in [2.24, 2.45) is 0 Å². The van der Waals surface area contributed by atoms with E-state index >= 15 is 0 Å². The predicted molar refractivity (Wildman–Crippen MR) is 72.7 cm³/mol. The molecule has 0 heterocycles. The largest absolute Gasteiger partial charge is 0.496 e. The average molecular weight is 250 g/mol. The van der Waals surface area contributed by atoms with Crippen LogP contribution in [0.4, 0.5) is 0 Å². The van der Waals surface area contributed by atoms with E-state index in [1.807, 2.05) is 32.9 Å². The number of hydrogen-bond acceptors (Lipinski definition) is 3. The van der Waals surface area contributed by atoms with Gasteiger partial charge in [-0.25, -0.2) is 5.01 Å². The standard InChI is InChI=1S/C14H22N2O2/c1-9-8-13(18-6)10(2)7-12(9)11(3)14(17)15-16(4)5/h7-8,11H,1-6H3,(H,15,17). The van der Waals surface area contributed by atoms with Crippen LogP contribution in [0.5, 0.6) is 5.75 Å². The van der Waals surface area contributed by atoms with Crippen molar-refractivity contribution in [3.8, 4) is 5.75 Å². The summed E-state index contributed by atoms with van der Waals surface area (Å²) in [6, 6.07) is 4.00. The maximum atomic E-state index is 12.0. The first-order chi connectivity index (χ1) is 8.36. The van der Waals surface area contributed by atoms with Gasteiger partial charge in [-0.05, 0) is 43.5 Å². The van der Waals surface area contributed by atoms with Crippen LogP contribution >= 0.6 is 0 Å². The molecule has 1 aromatic rings. The van der Waals surface area contributed by atoms with Crippen LogP contribution in [-0.4, -0.2) is 32.1 Å². The third kappa shape index (κ3) is 3.23. The zero-order chi connectivity index (χ0) is 13.9. The van der Waals surface area contributed by atoms with Crippen LogP contribution < -0.4 is 10.2 Å². The summed E-state index contributed by atoms with van der Waals surface area (Å²) in [5.74, 6) is 0.668. The van der Waals surface area contributed by atoms with E-state index in [0.717, 1.165) is 22.4 Å². The molecule has 4 heteroatoms. The number of nitrogens with one attached hydrogen (secondary N) is 1. The normalized spacial score (nSPS) is 12.4. The smallest absolute Gasteiger partial charge is 0.241 e. The highest BCUT2D eigenvalue weighted by Crippen LogP contribution is 2.27. The Kier molecular flexibility index (Phi) is 4.73. The third-order valence-electron chi connectivity index (χ3n) is 2.98.